The highest BCUT2D eigenvalue weighted by Gasteiger charge is 2.00. The Hall–Kier alpha value is -0.330. The predicted molar refractivity (Wildman–Crippen MR) is 144 cm³/mol. The molecule has 0 saturated carbocycles. The van der Waals surface area contributed by atoms with Crippen molar-refractivity contribution < 1.29 is 28.5 Å². The fraction of sp³-hybridized carbons (Fsp3) is 0.136. The average Bonchev–Trinajstić information content (AvgIpc) is 2.71. The molecule has 152 valence electrons. The van der Waals surface area contributed by atoms with Crippen molar-refractivity contribution in [2.75, 3.05) is 4.93 Å². The van der Waals surface area contributed by atoms with Gasteiger partial charge in [0.25, 0.3) is 0 Å². The standard InChI is InChI=1S/C10H9IN.C9H6IN.C2H3N.CH3I.HI/c1-12-6-5-9-8(7-12)3-2-4-10(9)11;10-9-3-1-2-7-6-11-5-4-8(7)9;1-2-3;1-2;/h2-7H,1H3;1-6H;1H3;1H3;1H/q+1;;;;/p-1. The number of rotatable bonds is 0. The number of hydrogen-bond donors (Lipinski definition) is 0. The van der Waals surface area contributed by atoms with Gasteiger partial charge in [-0.25, -0.2) is 4.57 Å². The van der Waals surface area contributed by atoms with Crippen molar-refractivity contribution in [3.8, 4) is 6.07 Å². The highest BCUT2D eigenvalue weighted by molar-refractivity contribution is 14.1. The minimum atomic E-state index is 0. The molecule has 0 saturated heterocycles. The monoisotopic (exact) mass is 835 g/mol. The number of halogens is 4. The molecule has 4 aromatic rings. The molecule has 0 fully saturated rings. The first kappa shape index (κ1) is 28.7. The summed E-state index contributed by atoms with van der Waals surface area (Å²) in [6.45, 7) is 1.43. The van der Waals surface area contributed by atoms with E-state index >= 15 is 0 Å². The van der Waals surface area contributed by atoms with Crippen LogP contribution in [0.25, 0.3) is 21.5 Å². The summed E-state index contributed by atoms with van der Waals surface area (Å²) < 4.78 is 4.66. The summed E-state index contributed by atoms with van der Waals surface area (Å²) in [5.74, 6) is 0. The predicted octanol–water partition coefficient (Wildman–Crippen LogP) is 3.69. The molecular weight excluding hydrogens is 814 g/mol. The van der Waals surface area contributed by atoms with Crippen LogP contribution < -0.4 is 28.5 Å². The third-order valence-corrected chi connectivity index (χ3v) is 5.41. The first-order valence-electron chi connectivity index (χ1n) is 8.27. The van der Waals surface area contributed by atoms with E-state index in [1.165, 1.54) is 35.6 Å². The van der Waals surface area contributed by atoms with E-state index in [2.05, 4.69) is 126 Å². The number of fused-ring (bicyclic) bond motifs is 2. The molecule has 0 radical (unpaired) electrons. The van der Waals surface area contributed by atoms with Gasteiger partial charge >= 0.3 is 0 Å². The van der Waals surface area contributed by atoms with Crippen LogP contribution in [0.3, 0.4) is 0 Å². The van der Waals surface area contributed by atoms with Crippen LogP contribution in [0.2, 0.25) is 0 Å². The fourth-order valence-electron chi connectivity index (χ4n) is 2.38. The van der Waals surface area contributed by atoms with Gasteiger partial charge in [0.05, 0.1) is 6.07 Å². The van der Waals surface area contributed by atoms with Gasteiger partial charge in [0.15, 0.2) is 12.4 Å². The summed E-state index contributed by atoms with van der Waals surface area (Å²) in [6.07, 6.45) is 7.92. The van der Waals surface area contributed by atoms with Gasteiger partial charge < -0.3 is 24.0 Å². The first-order valence-corrected chi connectivity index (χ1v) is 12.6. The van der Waals surface area contributed by atoms with Gasteiger partial charge in [0.1, 0.15) is 7.05 Å². The molecule has 0 N–H and O–H groups in total. The van der Waals surface area contributed by atoms with Crippen molar-refractivity contribution in [3.05, 3.63) is 80.5 Å². The number of pyridine rings is 2. The lowest BCUT2D eigenvalue weighted by atomic mass is 10.2. The summed E-state index contributed by atoms with van der Waals surface area (Å²) in [5, 5.41) is 12.4. The second-order valence-corrected chi connectivity index (χ2v) is 7.74. The number of nitrogens with zero attached hydrogens (tertiary/aromatic N) is 3. The molecule has 2 heterocycles. The minimum absolute atomic E-state index is 0. The van der Waals surface area contributed by atoms with E-state index in [0.29, 0.717) is 0 Å². The Morgan fingerprint density at radius 1 is 0.897 bits per heavy atom. The molecule has 0 bridgehead atoms. The number of hydrogen-bond acceptors (Lipinski definition) is 2. The van der Waals surface area contributed by atoms with Crippen LogP contribution >= 0.6 is 67.8 Å². The van der Waals surface area contributed by atoms with Crippen LogP contribution in [-0.4, -0.2) is 9.91 Å². The molecular formula is C22H21I4N3. The quantitative estimate of drug-likeness (QED) is 0.154. The van der Waals surface area contributed by atoms with Crippen LogP contribution in [0.4, 0.5) is 0 Å². The minimum Gasteiger partial charge on any atom is -1.00 e. The molecule has 0 spiro atoms. The zero-order valence-electron chi connectivity index (χ0n) is 16.3. The molecule has 3 nitrogen and oxygen atoms in total. The van der Waals surface area contributed by atoms with Gasteiger partial charge in [-0.15, -0.1) is 0 Å². The lowest BCUT2D eigenvalue weighted by molar-refractivity contribution is -0.670. The van der Waals surface area contributed by atoms with E-state index in [1.54, 1.807) is 6.07 Å². The van der Waals surface area contributed by atoms with Gasteiger partial charge in [-0.2, -0.15) is 5.26 Å². The smallest absolute Gasteiger partial charge is 0.176 e. The Balaban J connectivity index is 0.000000433. The maximum absolute atomic E-state index is 7.32. The molecule has 29 heavy (non-hydrogen) atoms. The average molecular weight is 835 g/mol. The van der Waals surface area contributed by atoms with Gasteiger partial charge in [-0.3, -0.25) is 4.98 Å². The van der Waals surface area contributed by atoms with Gasteiger partial charge in [-0.1, -0.05) is 40.8 Å². The van der Waals surface area contributed by atoms with Gasteiger partial charge in [-0.05, 0) is 79.8 Å². The zero-order valence-corrected chi connectivity index (χ0v) is 24.9. The van der Waals surface area contributed by atoms with E-state index in [0.717, 1.165) is 0 Å². The van der Waals surface area contributed by atoms with Gasteiger partial charge in [0.2, 0.25) is 0 Å². The largest absolute Gasteiger partial charge is 1.00 e. The lowest BCUT2D eigenvalue weighted by Crippen LogP contribution is -3.00. The van der Waals surface area contributed by atoms with Crippen molar-refractivity contribution in [2.24, 2.45) is 7.05 Å². The van der Waals surface area contributed by atoms with Crippen molar-refractivity contribution in [1.29, 1.82) is 5.26 Å². The van der Waals surface area contributed by atoms with Crippen molar-refractivity contribution in [1.82, 2.24) is 4.98 Å². The fourth-order valence-corrected chi connectivity index (χ4v) is 3.78. The first-order chi connectivity index (χ1) is 13.6. The second kappa shape index (κ2) is 16.4. The van der Waals surface area contributed by atoms with Crippen LogP contribution in [0.1, 0.15) is 6.92 Å². The van der Waals surface area contributed by atoms with Crippen LogP contribution in [0, 0.1) is 18.5 Å². The summed E-state index contributed by atoms with van der Waals surface area (Å²) in [4.78, 5) is 6.02. The lowest BCUT2D eigenvalue weighted by Gasteiger charge is -1.96. The Bertz CT molecular complexity index is 1060. The number of aromatic nitrogens is 2. The number of alkyl halides is 1. The Labute approximate surface area is 230 Å². The third kappa shape index (κ3) is 9.56. The molecule has 0 amide bonds. The molecule has 0 unspecified atom stereocenters. The van der Waals surface area contributed by atoms with Crippen LogP contribution in [0.15, 0.2) is 73.3 Å². The molecule has 0 aliphatic carbocycles. The molecule has 0 atom stereocenters. The van der Waals surface area contributed by atoms with Gasteiger partial charge in [0, 0.05) is 48.7 Å². The molecule has 4 rings (SSSR count). The summed E-state index contributed by atoms with van der Waals surface area (Å²) in [6, 6.07) is 18.5. The summed E-state index contributed by atoms with van der Waals surface area (Å²) >= 11 is 6.84. The van der Waals surface area contributed by atoms with E-state index in [9.17, 15) is 0 Å². The maximum Gasteiger partial charge on any atom is 0.176 e. The SMILES string of the molecule is CC#N.CI.C[n+]1ccc2c(I)cccc2c1.Ic1cccc2cnccc12.[I-]. The Kier molecular flexibility index (Phi) is 16.2. The highest BCUT2D eigenvalue weighted by Crippen LogP contribution is 2.19. The molecule has 0 aliphatic rings. The zero-order chi connectivity index (χ0) is 20.9. The van der Waals surface area contributed by atoms with E-state index < -0.39 is 0 Å². The number of benzene rings is 2. The maximum atomic E-state index is 7.32. The van der Waals surface area contributed by atoms with Crippen LogP contribution in [0.5, 0.6) is 0 Å². The number of nitriles is 1. The van der Waals surface area contributed by atoms with Crippen LogP contribution in [-0.2, 0) is 7.05 Å². The van der Waals surface area contributed by atoms with E-state index in [1.807, 2.05) is 36.5 Å². The van der Waals surface area contributed by atoms with Crippen molar-refractivity contribution >= 4 is 89.3 Å². The topological polar surface area (TPSA) is 40.6 Å². The number of aryl methyl sites for hydroxylation is 1. The van der Waals surface area contributed by atoms with E-state index in [4.69, 9.17) is 5.26 Å². The molecule has 0 aliphatic heterocycles. The van der Waals surface area contributed by atoms with Crippen molar-refractivity contribution in [2.45, 2.75) is 6.92 Å². The Morgan fingerprint density at radius 2 is 1.41 bits per heavy atom. The third-order valence-electron chi connectivity index (χ3n) is 3.53. The van der Waals surface area contributed by atoms with Crippen molar-refractivity contribution in [3.63, 3.8) is 0 Å². The second-order valence-electron chi connectivity index (χ2n) is 5.41. The molecule has 2 aromatic heterocycles. The summed E-state index contributed by atoms with van der Waals surface area (Å²) in [7, 11) is 2.04. The molecule has 2 aromatic carbocycles. The normalized spacial score (nSPS) is 8.72. The highest BCUT2D eigenvalue weighted by atomic mass is 127. The summed E-state index contributed by atoms with van der Waals surface area (Å²) in [5.41, 5.74) is 0. The Morgan fingerprint density at radius 3 is 1.97 bits per heavy atom. The van der Waals surface area contributed by atoms with E-state index in [-0.39, 0.29) is 24.0 Å². The molecule has 7 heteroatoms.